The second-order valence-electron chi connectivity index (χ2n) is 4.40. The van der Waals surface area contributed by atoms with Gasteiger partial charge in [-0.15, -0.1) is 0 Å². The second-order valence-corrected chi connectivity index (χ2v) is 4.40. The van der Waals surface area contributed by atoms with Gasteiger partial charge in [0.05, 0.1) is 14.2 Å². The summed E-state index contributed by atoms with van der Waals surface area (Å²) in [4.78, 5) is 4.67. The summed E-state index contributed by atoms with van der Waals surface area (Å²) in [6.45, 7) is 2.16. The molecule has 2 aromatic rings. The maximum Gasteiger partial charge on any atom is 0.148 e. The van der Waals surface area contributed by atoms with Crippen LogP contribution in [0, 0.1) is 0 Å². The fourth-order valence-electron chi connectivity index (χ4n) is 2.22. The predicted molar refractivity (Wildman–Crippen MR) is 78.4 cm³/mol. The number of ether oxygens (including phenoxy) is 2. The molecule has 1 heterocycles. The van der Waals surface area contributed by atoms with Gasteiger partial charge in [-0.2, -0.15) is 0 Å². The van der Waals surface area contributed by atoms with Gasteiger partial charge in [0, 0.05) is 18.5 Å². The molecule has 1 aromatic heterocycles. The SMILES string of the molecule is CCCc1cc2cc(OC)cc(OC)c2nc1NC. The van der Waals surface area contributed by atoms with Crippen molar-refractivity contribution in [2.24, 2.45) is 0 Å². The van der Waals surface area contributed by atoms with Crippen molar-refractivity contribution < 1.29 is 9.47 Å². The normalized spacial score (nSPS) is 10.5. The van der Waals surface area contributed by atoms with Crippen LogP contribution < -0.4 is 14.8 Å². The van der Waals surface area contributed by atoms with Crippen molar-refractivity contribution in [2.45, 2.75) is 19.8 Å². The van der Waals surface area contributed by atoms with Crippen molar-refractivity contribution in [3.8, 4) is 11.5 Å². The van der Waals surface area contributed by atoms with E-state index in [1.807, 2.05) is 19.2 Å². The van der Waals surface area contributed by atoms with Crippen LogP contribution >= 0.6 is 0 Å². The summed E-state index contributed by atoms with van der Waals surface area (Å²) < 4.78 is 10.7. The monoisotopic (exact) mass is 260 g/mol. The molecule has 19 heavy (non-hydrogen) atoms. The summed E-state index contributed by atoms with van der Waals surface area (Å²) in [5.74, 6) is 2.43. The Morgan fingerprint density at radius 3 is 2.53 bits per heavy atom. The van der Waals surface area contributed by atoms with Gasteiger partial charge < -0.3 is 14.8 Å². The van der Waals surface area contributed by atoms with Crippen molar-refractivity contribution in [1.29, 1.82) is 0 Å². The van der Waals surface area contributed by atoms with E-state index in [4.69, 9.17) is 9.47 Å². The van der Waals surface area contributed by atoms with Crippen LogP contribution in [0.15, 0.2) is 18.2 Å². The Morgan fingerprint density at radius 2 is 1.95 bits per heavy atom. The zero-order valence-corrected chi connectivity index (χ0v) is 11.9. The molecule has 0 aliphatic rings. The zero-order chi connectivity index (χ0) is 13.8. The molecule has 0 bridgehead atoms. The van der Waals surface area contributed by atoms with Crippen LogP contribution in [0.4, 0.5) is 5.82 Å². The molecule has 0 saturated carbocycles. The molecule has 1 aromatic carbocycles. The third-order valence-corrected chi connectivity index (χ3v) is 3.15. The Labute approximate surface area is 113 Å². The molecule has 0 unspecified atom stereocenters. The van der Waals surface area contributed by atoms with E-state index in [0.717, 1.165) is 41.1 Å². The number of methoxy groups -OCH3 is 2. The standard InChI is InChI=1S/C15H20N2O2/c1-5-6-10-7-11-8-12(18-3)9-13(19-4)14(11)17-15(10)16-2/h7-9H,5-6H2,1-4H3,(H,16,17). The minimum atomic E-state index is 0.730. The molecule has 0 aliphatic carbocycles. The van der Waals surface area contributed by atoms with Crippen LogP contribution in [-0.2, 0) is 6.42 Å². The minimum Gasteiger partial charge on any atom is -0.497 e. The Morgan fingerprint density at radius 1 is 1.16 bits per heavy atom. The molecular weight excluding hydrogens is 240 g/mol. The largest absolute Gasteiger partial charge is 0.497 e. The van der Waals surface area contributed by atoms with E-state index in [9.17, 15) is 0 Å². The molecule has 0 aliphatic heterocycles. The number of aromatic nitrogens is 1. The van der Waals surface area contributed by atoms with Gasteiger partial charge in [0.2, 0.25) is 0 Å². The van der Waals surface area contributed by atoms with E-state index in [2.05, 4.69) is 23.3 Å². The van der Waals surface area contributed by atoms with Gasteiger partial charge in [-0.3, -0.25) is 0 Å². The number of nitrogens with zero attached hydrogens (tertiary/aromatic N) is 1. The lowest BCUT2D eigenvalue weighted by molar-refractivity contribution is 0.397. The molecule has 102 valence electrons. The number of pyridine rings is 1. The lowest BCUT2D eigenvalue weighted by Crippen LogP contribution is -2.00. The van der Waals surface area contributed by atoms with E-state index in [1.165, 1.54) is 5.56 Å². The molecule has 2 rings (SSSR count). The minimum absolute atomic E-state index is 0.730. The quantitative estimate of drug-likeness (QED) is 0.896. The number of aryl methyl sites for hydroxylation is 1. The highest BCUT2D eigenvalue weighted by atomic mass is 16.5. The first-order valence-electron chi connectivity index (χ1n) is 6.46. The van der Waals surface area contributed by atoms with Gasteiger partial charge in [-0.05, 0) is 24.1 Å². The summed E-state index contributed by atoms with van der Waals surface area (Å²) in [6, 6.07) is 6.00. The van der Waals surface area contributed by atoms with Crippen LogP contribution in [0.5, 0.6) is 11.5 Å². The average molecular weight is 260 g/mol. The third-order valence-electron chi connectivity index (χ3n) is 3.15. The molecule has 4 heteroatoms. The van der Waals surface area contributed by atoms with E-state index in [1.54, 1.807) is 14.2 Å². The fourth-order valence-corrected chi connectivity index (χ4v) is 2.22. The number of nitrogens with one attached hydrogen (secondary N) is 1. The summed E-state index contributed by atoms with van der Waals surface area (Å²) in [5, 5.41) is 4.19. The highest BCUT2D eigenvalue weighted by Gasteiger charge is 2.11. The molecule has 0 amide bonds. The topological polar surface area (TPSA) is 43.4 Å². The first kappa shape index (κ1) is 13.5. The van der Waals surface area contributed by atoms with Crippen molar-refractivity contribution >= 4 is 16.7 Å². The van der Waals surface area contributed by atoms with E-state index < -0.39 is 0 Å². The number of anilines is 1. The molecule has 0 radical (unpaired) electrons. The number of fused-ring (bicyclic) bond motifs is 1. The van der Waals surface area contributed by atoms with Crippen LogP contribution in [0.2, 0.25) is 0 Å². The van der Waals surface area contributed by atoms with Crippen molar-refractivity contribution in [3.05, 3.63) is 23.8 Å². The molecular formula is C15H20N2O2. The fraction of sp³-hybridized carbons (Fsp3) is 0.400. The summed E-state index contributed by atoms with van der Waals surface area (Å²) in [6.07, 6.45) is 2.08. The third kappa shape index (κ3) is 2.57. The number of hydrogen-bond acceptors (Lipinski definition) is 4. The van der Waals surface area contributed by atoms with E-state index >= 15 is 0 Å². The van der Waals surface area contributed by atoms with Gasteiger partial charge in [0.1, 0.15) is 22.8 Å². The first-order chi connectivity index (χ1) is 9.23. The number of rotatable bonds is 5. The van der Waals surface area contributed by atoms with Gasteiger partial charge in [-0.1, -0.05) is 13.3 Å². The van der Waals surface area contributed by atoms with Gasteiger partial charge in [-0.25, -0.2) is 4.98 Å². The Hall–Kier alpha value is -1.97. The Kier molecular flexibility index (Phi) is 4.10. The van der Waals surface area contributed by atoms with Crippen LogP contribution in [-0.4, -0.2) is 26.3 Å². The zero-order valence-electron chi connectivity index (χ0n) is 11.9. The van der Waals surface area contributed by atoms with Crippen molar-refractivity contribution in [1.82, 2.24) is 4.98 Å². The van der Waals surface area contributed by atoms with Crippen LogP contribution in [0.3, 0.4) is 0 Å². The van der Waals surface area contributed by atoms with Gasteiger partial charge >= 0.3 is 0 Å². The molecule has 1 N–H and O–H groups in total. The van der Waals surface area contributed by atoms with Gasteiger partial charge in [0.25, 0.3) is 0 Å². The van der Waals surface area contributed by atoms with E-state index in [-0.39, 0.29) is 0 Å². The second kappa shape index (κ2) is 5.78. The predicted octanol–water partition coefficient (Wildman–Crippen LogP) is 3.25. The first-order valence-corrected chi connectivity index (χ1v) is 6.46. The number of benzene rings is 1. The summed E-state index contributed by atoms with van der Waals surface area (Å²) in [7, 11) is 5.20. The van der Waals surface area contributed by atoms with Crippen LogP contribution in [0.1, 0.15) is 18.9 Å². The summed E-state index contributed by atoms with van der Waals surface area (Å²) >= 11 is 0. The molecule has 0 atom stereocenters. The van der Waals surface area contributed by atoms with Crippen molar-refractivity contribution in [2.75, 3.05) is 26.6 Å². The smallest absolute Gasteiger partial charge is 0.148 e. The highest BCUT2D eigenvalue weighted by Crippen LogP contribution is 2.32. The molecule has 4 nitrogen and oxygen atoms in total. The highest BCUT2D eigenvalue weighted by molar-refractivity contribution is 5.88. The van der Waals surface area contributed by atoms with Crippen molar-refractivity contribution in [3.63, 3.8) is 0 Å². The lowest BCUT2D eigenvalue weighted by Gasteiger charge is -2.13. The average Bonchev–Trinajstić information content (AvgIpc) is 2.45. The molecule has 0 spiro atoms. The Balaban J connectivity index is 2.68. The van der Waals surface area contributed by atoms with Crippen LogP contribution in [0.25, 0.3) is 10.9 Å². The lowest BCUT2D eigenvalue weighted by atomic mass is 10.1. The number of hydrogen-bond donors (Lipinski definition) is 1. The maximum atomic E-state index is 5.40. The Bertz CT molecular complexity index is 582. The maximum absolute atomic E-state index is 5.40. The summed E-state index contributed by atoms with van der Waals surface area (Å²) in [5.41, 5.74) is 2.07. The van der Waals surface area contributed by atoms with Gasteiger partial charge in [0.15, 0.2) is 0 Å². The van der Waals surface area contributed by atoms with E-state index in [0.29, 0.717) is 0 Å². The molecule has 0 fully saturated rings. The molecule has 0 saturated heterocycles.